The predicted octanol–water partition coefficient (Wildman–Crippen LogP) is 1.64. The zero-order chi connectivity index (χ0) is 11.7. The van der Waals surface area contributed by atoms with Crippen LogP contribution in [0.5, 0.6) is 0 Å². The summed E-state index contributed by atoms with van der Waals surface area (Å²) in [4.78, 5) is 11.1. The molecule has 1 aliphatic rings. The Labute approximate surface area is 85.2 Å². The Hall–Kier alpha value is -0.780. The molecule has 0 radical (unpaired) electrons. The maximum absolute atomic E-state index is 12.3. The van der Waals surface area contributed by atoms with Crippen molar-refractivity contribution in [3.63, 3.8) is 0 Å². The fraction of sp³-hybridized carbons (Fsp3) is 0.889. The normalized spacial score (nSPS) is 32.5. The molecule has 0 atom stereocenters. The molecule has 1 saturated carbocycles. The summed E-state index contributed by atoms with van der Waals surface area (Å²) in [5.74, 6) is -2.26. The van der Waals surface area contributed by atoms with Crippen LogP contribution in [0.1, 0.15) is 25.7 Å². The van der Waals surface area contributed by atoms with Crippen molar-refractivity contribution in [3.8, 4) is 0 Å². The summed E-state index contributed by atoms with van der Waals surface area (Å²) in [6, 6.07) is 0. The third kappa shape index (κ3) is 2.62. The summed E-state index contributed by atoms with van der Waals surface area (Å²) in [6.45, 7) is 0. The maximum atomic E-state index is 12.3. The first kappa shape index (κ1) is 12.3. The lowest BCUT2D eigenvalue weighted by Gasteiger charge is -2.34. The van der Waals surface area contributed by atoms with Crippen molar-refractivity contribution >= 4 is 5.97 Å². The smallest absolute Gasteiger partial charge is 0.391 e. The molecular formula is C9H13F3O3. The number of methoxy groups -OCH3 is 1. The van der Waals surface area contributed by atoms with Crippen molar-refractivity contribution in [1.82, 2.24) is 0 Å². The molecule has 0 aromatic heterocycles. The fourth-order valence-electron chi connectivity index (χ4n) is 1.82. The van der Waals surface area contributed by atoms with Crippen molar-refractivity contribution in [1.29, 1.82) is 0 Å². The monoisotopic (exact) mass is 226 g/mol. The molecule has 1 rings (SSSR count). The SMILES string of the molecule is COC(=O)C1(O)CCC(C(F)(F)F)CC1. The lowest BCUT2D eigenvalue weighted by molar-refractivity contribution is -0.199. The summed E-state index contributed by atoms with van der Waals surface area (Å²) in [7, 11) is 1.11. The van der Waals surface area contributed by atoms with Gasteiger partial charge >= 0.3 is 12.1 Å². The van der Waals surface area contributed by atoms with E-state index in [2.05, 4.69) is 4.74 Å². The molecule has 0 heterocycles. The highest BCUT2D eigenvalue weighted by molar-refractivity contribution is 5.79. The van der Waals surface area contributed by atoms with Crippen LogP contribution in [-0.2, 0) is 9.53 Å². The second-order valence-electron chi connectivity index (χ2n) is 3.84. The van der Waals surface area contributed by atoms with Gasteiger partial charge in [0.05, 0.1) is 13.0 Å². The quantitative estimate of drug-likeness (QED) is 0.691. The van der Waals surface area contributed by atoms with Gasteiger partial charge in [-0.3, -0.25) is 0 Å². The van der Waals surface area contributed by atoms with E-state index in [1.807, 2.05) is 0 Å². The number of rotatable bonds is 1. The Bertz CT molecular complexity index is 241. The van der Waals surface area contributed by atoms with Crippen LogP contribution < -0.4 is 0 Å². The molecule has 0 saturated heterocycles. The van der Waals surface area contributed by atoms with Gasteiger partial charge in [-0.05, 0) is 25.7 Å². The number of ether oxygens (including phenoxy) is 1. The summed E-state index contributed by atoms with van der Waals surface area (Å²) in [5.41, 5.74) is -1.73. The summed E-state index contributed by atoms with van der Waals surface area (Å²) in [5, 5.41) is 9.68. The van der Waals surface area contributed by atoms with E-state index in [0.29, 0.717) is 0 Å². The maximum Gasteiger partial charge on any atom is 0.391 e. The van der Waals surface area contributed by atoms with Crippen LogP contribution in [0, 0.1) is 5.92 Å². The Balaban J connectivity index is 2.59. The molecule has 0 aliphatic heterocycles. The number of hydrogen-bond donors (Lipinski definition) is 1. The van der Waals surface area contributed by atoms with Crippen LogP contribution in [0.2, 0.25) is 0 Å². The van der Waals surface area contributed by atoms with E-state index < -0.39 is 23.7 Å². The van der Waals surface area contributed by atoms with Crippen molar-refractivity contribution in [3.05, 3.63) is 0 Å². The Morgan fingerprint density at radius 3 is 2.20 bits per heavy atom. The largest absolute Gasteiger partial charge is 0.467 e. The van der Waals surface area contributed by atoms with Crippen LogP contribution in [-0.4, -0.2) is 30.0 Å². The van der Waals surface area contributed by atoms with Crippen LogP contribution in [0.25, 0.3) is 0 Å². The minimum Gasteiger partial charge on any atom is -0.467 e. The molecule has 6 heteroatoms. The van der Waals surface area contributed by atoms with Gasteiger partial charge in [0.2, 0.25) is 0 Å². The number of carbonyl (C=O) groups excluding carboxylic acids is 1. The molecule has 0 aromatic rings. The number of hydrogen-bond acceptors (Lipinski definition) is 3. The van der Waals surface area contributed by atoms with E-state index in [4.69, 9.17) is 0 Å². The molecule has 88 valence electrons. The van der Waals surface area contributed by atoms with E-state index in [0.717, 1.165) is 7.11 Å². The Morgan fingerprint density at radius 1 is 1.40 bits per heavy atom. The van der Waals surface area contributed by atoms with Gasteiger partial charge in [-0.25, -0.2) is 4.79 Å². The molecule has 0 aromatic carbocycles. The number of halogens is 3. The van der Waals surface area contributed by atoms with Gasteiger partial charge in [-0.2, -0.15) is 13.2 Å². The minimum absolute atomic E-state index is 0.191. The first-order valence-electron chi connectivity index (χ1n) is 4.67. The molecule has 0 spiro atoms. The summed E-state index contributed by atoms with van der Waals surface area (Å²) in [6.07, 6.45) is -5.07. The topological polar surface area (TPSA) is 46.5 Å². The predicted molar refractivity (Wildman–Crippen MR) is 45.0 cm³/mol. The molecular weight excluding hydrogens is 213 g/mol. The zero-order valence-corrected chi connectivity index (χ0v) is 8.30. The highest BCUT2D eigenvalue weighted by Crippen LogP contribution is 2.41. The lowest BCUT2D eigenvalue weighted by atomic mass is 9.78. The van der Waals surface area contributed by atoms with Crippen molar-refractivity contribution in [2.24, 2.45) is 5.92 Å². The van der Waals surface area contributed by atoms with Gasteiger partial charge in [-0.1, -0.05) is 0 Å². The molecule has 3 nitrogen and oxygen atoms in total. The van der Waals surface area contributed by atoms with Gasteiger partial charge in [0.1, 0.15) is 0 Å². The molecule has 0 bridgehead atoms. The average molecular weight is 226 g/mol. The van der Waals surface area contributed by atoms with Gasteiger partial charge in [0, 0.05) is 0 Å². The van der Waals surface area contributed by atoms with Gasteiger partial charge < -0.3 is 9.84 Å². The van der Waals surface area contributed by atoms with E-state index >= 15 is 0 Å². The Morgan fingerprint density at radius 2 is 1.87 bits per heavy atom. The number of esters is 1. The van der Waals surface area contributed by atoms with Gasteiger partial charge in [-0.15, -0.1) is 0 Å². The van der Waals surface area contributed by atoms with Crippen molar-refractivity contribution in [2.75, 3.05) is 7.11 Å². The highest BCUT2D eigenvalue weighted by atomic mass is 19.4. The van der Waals surface area contributed by atoms with Crippen LogP contribution in [0.15, 0.2) is 0 Å². The van der Waals surface area contributed by atoms with E-state index in [1.54, 1.807) is 0 Å². The van der Waals surface area contributed by atoms with Gasteiger partial charge in [0.15, 0.2) is 5.60 Å². The summed E-state index contributed by atoms with van der Waals surface area (Å²) < 4.78 is 41.2. The van der Waals surface area contributed by atoms with E-state index in [1.165, 1.54) is 0 Å². The number of aliphatic hydroxyl groups is 1. The third-order valence-electron chi connectivity index (χ3n) is 2.84. The van der Waals surface area contributed by atoms with Crippen molar-refractivity contribution < 1.29 is 27.8 Å². The fourth-order valence-corrected chi connectivity index (χ4v) is 1.82. The van der Waals surface area contributed by atoms with E-state index in [9.17, 15) is 23.1 Å². The average Bonchev–Trinajstić information content (AvgIpc) is 2.15. The van der Waals surface area contributed by atoms with Crippen molar-refractivity contribution in [2.45, 2.75) is 37.5 Å². The highest BCUT2D eigenvalue weighted by Gasteiger charge is 2.48. The first-order valence-corrected chi connectivity index (χ1v) is 4.67. The molecule has 0 unspecified atom stereocenters. The number of carbonyl (C=O) groups is 1. The van der Waals surface area contributed by atoms with Gasteiger partial charge in [0.25, 0.3) is 0 Å². The van der Waals surface area contributed by atoms with Crippen LogP contribution in [0.4, 0.5) is 13.2 Å². The minimum atomic E-state index is -4.24. The van der Waals surface area contributed by atoms with Crippen LogP contribution in [0.3, 0.4) is 0 Å². The Kier molecular flexibility index (Phi) is 3.28. The zero-order valence-electron chi connectivity index (χ0n) is 8.30. The second-order valence-corrected chi connectivity index (χ2v) is 3.84. The molecule has 1 fully saturated rings. The standard InChI is InChI=1S/C9H13F3O3/c1-15-7(13)8(14)4-2-6(3-5-8)9(10,11)12/h6,14H,2-5H2,1H3. The molecule has 1 N–H and O–H groups in total. The lowest BCUT2D eigenvalue weighted by Crippen LogP contribution is -2.45. The first-order chi connectivity index (χ1) is 6.79. The third-order valence-corrected chi connectivity index (χ3v) is 2.84. The molecule has 1 aliphatic carbocycles. The van der Waals surface area contributed by atoms with E-state index in [-0.39, 0.29) is 25.7 Å². The molecule has 0 amide bonds. The molecule has 15 heavy (non-hydrogen) atoms. The number of alkyl halides is 3. The second kappa shape index (κ2) is 4.00. The summed E-state index contributed by atoms with van der Waals surface area (Å²) >= 11 is 0. The van der Waals surface area contributed by atoms with Crippen LogP contribution >= 0.6 is 0 Å².